The van der Waals surface area contributed by atoms with Gasteiger partial charge in [0.05, 0.1) is 71.7 Å². The molecule has 0 saturated carbocycles. The molecule has 336 valence electrons. The summed E-state index contributed by atoms with van der Waals surface area (Å²) in [6.45, 7) is 9.81. The van der Waals surface area contributed by atoms with Crippen LogP contribution in [-0.2, 0) is 48.2 Å². The van der Waals surface area contributed by atoms with Gasteiger partial charge in [0.25, 0.3) is 11.1 Å². The van der Waals surface area contributed by atoms with Crippen LogP contribution < -0.4 is 20.9 Å². The Hall–Kier alpha value is -5.48. The molecule has 0 unspecified atom stereocenters. The number of carbonyl (C=O) groups is 2. The lowest BCUT2D eigenvalue weighted by Gasteiger charge is -2.55. The summed E-state index contributed by atoms with van der Waals surface area (Å²) in [4.78, 5) is 63.8. The summed E-state index contributed by atoms with van der Waals surface area (Å²) >= 11 is 3.22. The molecule has 8 rings (SSSR count). The molecule has 4 saturated heterocycles. The van der Waals surface area contributed by atoms with Gasteiger partial charge in [-0.3, -0.25) is 14.2 Å². The van der Waals surface area contributed by atoms with Crippen LogP contribution in [0.5, 0.6) is 0 Å². The van der Waals surface area contributed by atoms with Crippen molar-refractivity contribution >= 4 is 71.3 Å². The van der Waals surface area contributed by atoms with Crippen molar-refractivity contribution in [2.75, 3.05) is 88.1 Å². The largest absolute Gasteiger partial charge is 0.463 e. The van der Waals surface area contributed by atoms with Crippen molar-refractivity contribution in [3.05, 3.63) is 110 Å². The van der Waals surface area contributed by atoms with Crippen molar-refractivity contribution in [2.45, 2.75) is 23.6 Å². The van der Waals surface area contributed by atoms with E-state index in [0.29, 0.717) is 60.7 Å². The van der Waals surface area contributed by atoms with E-state index in [2.05, 4.69) is 30.9 Å². The maximum absolute atomic E-state index is 13.2. The average Bonchev–Trinajstić information content (AvgIpc) is 3.16. The number of nitrogens with zero attached hydrogens (tertiary/aromatic N) is 5. The Labute approximate surface area is 372 Å². The molecule has 0 bridgehead atoms. The number of rotatable bonds is 11. The van der Waals surface area contributed by atoms with Gasteiger partial charge < -0.3 is 33.7 Å². The van der Waals surface area contributed by atoms with Crippen molar-refractivity contribution in [1.82, 2.24) is 19.5 Å². The highest BCUT2D eigenvalue weighted by atomic mass is 79.9. The second-order valence-corrected chi connectivity index (χ2v) is 20.5. The van der Waals surface area contributed by atoms with E-state index in [4.69, 9.17) is 18.9 Å². The predicted molar refractivity (Wildman–Crippen MR) is 237 cm³/mol. The molecule has 0 atom stereocenters. The molecule has 0 amide bonds. The van der Waals surface area contributed by atoms with E-state index in [1.54, 1.807) is 50.2 Å². The fourth-order valence-corrected chi connectivity index (χ4v) is 8.41. The first kappa shape index (κ1) is 47.0. The summed E-state index contributed by atoms with van der Waals surface area (Å²) in [7, 11) is -6.39. The maximum Gasteiger partial charge on any atom is 0.330 e. The van der Waals surface area contributed by atoms with Gasteiger partial charge in [0, 0.05) is 73.4 Å². The highest BCUT2D eigenvalue weighted by Crippen LogP contribution is 2.39. The number of aromatic amines is 1. The third kappa shape index (κ3) is 11.8. The van der Waals surface area contributed by atoms with E-state index >= 15 is 0 Å². The van der Waals surface area contributed by atoms with E-state index in [0.717, 1.165) is 37.0 Å². The number of aromatic nitrogens is 4. The fraction of sp³-hybridized carbons (Fsp3) is 0.381. The van der Waals surface area contributed by atoms with Crippen LogP contribution in [0.2, 0.25) is 0 Å². The Morgan fingerprint density at radius 2 is 1.17 bits per heavy atom. The monoisotopic (exact) mass is 970 g/mol. The summed E-state index contributed by atoms with van der Waals surface area (Å²) in [5, 5.41) is 0. The first-order chi connectivity index (χ1) is 29.8. The molecule has 1 N–H and O–H groups in total. The molecule has 63 heavy (non-hydrogen) atoms. The lowest BCUT2D eigenvalue weighted by Crippen LogP contribution is -2.67. The normalized spacial score (nSPS) is 17.0. The third-order valence-electron chi connectivity index (χ3n) is 10.2. The molecule has 6 heterocycles. The summed E-state index contributed by atoms with van der Waals surface area (Å²) in [5.41, 5.74) is 1.17. The summed E-state index contributed by atoms with van der Waals surface area (Å²) < 4.78 is 67.8. The Balaban J connectivity index is 0.000000177. The highest BCUT2D eigenvalue weighted by Gasteiger charge is 2.51. The molecule has 4 fully saturated rings. The number of nitrogens with one attached hydrogen (secondary N) is 1. The molecule has 2 spiro atoms. The number of anilines is 2. The van der Waals surface area contributed by atoms with Crippen LogP contribution in [0.3, 0.4) is 0 Å². The van der Waals surface area contributed by atoms with Crippen molar-refractivity contribution < 1.29 is 45.4 Å². The molecule has 18 nitrogen and oxygen atoms in total. The van der Waals surface area contributed by atoms with Gasteiger partial charge in [-0.1, -0.05) is 15.9 Å². The van der Waals surface area contributed by atoms with Crippen LogP contribution in [0.1, 0.15) is 25.2 Å². The van der Waals surface area contributed by atoms with E-state index < -0.39 is 31.6 Å². The van der Waals surface area contributed by atoms with E-state index in [1.807, 2.05) is 9.80 Å². The third-order valence-corrected chi connectivity index (χ3v) is 13.0. The minimum atomic E-state index is -3.35. The number of esters is 2. The van der Waals surface area contributed by atoms with E-state index in [9.17, 15) is 36.0 Å². The second kappa shape index (κ2) is 19.5. The van der Waals surface area contributed by atoms with Crippen molar-refractivity contribution in [2.24, 2.45) is 10.8 Å². The van der Waals surface area contributed by atoms with Crippen molar-refractivity contribution in [3.63, 3.8) is 0 Å². The summed E-state index contributed by atoms with van der Waals surface area (Å²) in [6.07, 6.45) is 10.9. The number of carbonyl (C=O) groups excluding carboxylic acids is 2. The molecular formula is C42H47BrN6O12S2. The molecule has 2 aromatic heterocycles. The number of hydrogen-bond acceptors (Lipinski definition) is 16. The SMILES string of the molecule is CCOC(=O)/C=C/c1c[nH]c(=O)c(N2CC3(COC3)C2)n1.CCOC(=O)/C=C/c1cn(-c2ccc(S(C)(=O)=O)cc2)c(=O)c(N2CC3(COC3)C2)n1.CS(=O)(=O)c1ccc(Br)cc1. The van der Waals surface area contributed by atoms with Gasteiger partial charge in [0.2, 0.25) is 0 Å². The highest BCUT2D eigenvalue weighted by molar-refractivity contribution is 9.10. The van der Waals surface area contributed by atoms with Gasteiger partial charge in [-0.05, 0) is 74.5 Å². The number of sulfone groups is 2. The number of ether oxygens (including phenoxy) is 4. The minimum Gasteiger partial charge on any atom is -0.463 e. The van der Waals surface area contributed by atoms with E-state index in [-0.39, 0.29) is 39.3 Å². The first-order valence-corrected chi connectivity index (χ1v) is 24.2. The maximum atomic E-state index is 13.2. The predicted octanol–water partition coefficient (Wildman–Crippen LogP) is 3.08. The topological polar surface area (TPSA) is 226 Å². The summed E-state index contributed by atoms with van der Waals surface area (Å²) in [5.74, 6) is -0.272. The molecule has 21 heteroatoms. The molecule has 2 aromatic carbocycles. The zero-order valence-electron chi connectivity index (χ0n) is 35.0. The van der Waals surface area contributed by atoms with E-state index in [1.165, 1.54) is 59.7 Å². The Morgan fingerprint density at radius 1 is 0.730 bits per heavy atom. The quantitative estimate of drug-likeness (QED) is 0.168. The van der Waals surface area contributed by atoms with Crippen LogP contribution >= 0.6 is 15.9 Å². The van der Waals surface area contributed by atoms with Crippen LogP contribution in [0.15, 0.2) is 96.9 Å². The molecule has 4 aliphatic heterocycles. The Morgan fingerprint density at radius 3 is 1.62 bits per heavy atom. The number of benzene rings is 2. The van der Waals surface area contributed by atoms with Crippen LogP contribution in [0.4, 0.5) is 11.6 Å². The molecule has 4 aliphatic rings. The number of H-pyrrole nitrogens is 1. The second-order valence-electron chi connectivity index (χ2n) is 15.5. The zero-order chi connectivity index (χ0) is 45.6. The number of hydrogen-bond donors (Lipinski definition) is 1. The first-order valence-electron chi connectivity index (χ1n) is 19.7. The number of halogens is 1. The van der Waals surface area contributed by atoms with Gasteiger partial charge in [0.15, 0.2) is 31.3 Å². The van der Waals surface area contributed by atoms with Crippen LogP contribution in [-0.4, -0.2) is 127 Å². The smallest absolute Gasteiger partial charge is 0.330 e. The van der Waals surface area contributed by atoms with Crippen molar-refractivity contribution in [1.29, 1.82) is 0 Å². The van der Waals surface area contributed by atoms with Gasteiger partial charge in [-0.2, -0.15) is 0 Å². The van der Waals surface area contributed by atoms with Gasteiger partial charge in [-0.15, -0.1) is 0 Å². The standard InChI is InChI=1S/C21H23N3O6S.C14H17N3O4.C7H7BrO2S/c1-3-30-18(25)9-4-15-10-24(16-5-7-17(8-6-16)31(2,27)28)20(26)19(22-15)23-11-21(12-23)13-29-14-21;1-2-21-11(18)4-3-10-5-15-13(19)12(16-10)17-6-14(7-17)8-20-9-14;1-11(9,10)7-4-2-6(8)3-5-7/h4-10H,3,11-14H2,1-2H3;3-5H,2,6-9H2,1H3,(H,15,19);2-5H,1H3/b9-4+;4-3+;. The fourth-order valence-electron chi connectivity index (χ4n) is 6.88. The molecule has 0 aliphatic carbocycles. The lowest BCUT2D eigenvalue weighted by molar-refractivity contribution is -0.138. The average molecular weight is 972 g/mol. The van der Waals surface area contributed by atoms with Gasteiger partial charge in [0.1, 0.15) is 0 Å². The van der Waals surface area contributed by atoms with Gasteiger partial charge >= 0.3 is 11.9 Å². The molecule has 4 aromatic rings. The Kier molecular flexibility index (Phi) is 14.6. The molecule has 0 radical (unpaired) electrons. The van der Waals surface area contributed by atoms with Crippen LogP contribution in [0, 0.1) is 10.8 Å². The minimum absolute atomic E-state index is 0.0901. The lowest BCUT2D eigenvalue weighted by atomic mass is 9.78. The van der Waals surface area contributed by atoms with Gasteiger partial charge in [-0.25, -0.2) is 36.4 Å². The summed E-state index contributed by atoms with van der Waals surface area (Å²) in [6, 6.07) is 12.6. The Bertz CT molecular complexity index is 2710. The van der Waals surface area contributed by atoms with Crippen LogP contribution in [0.25, 0.3) is 17.8 Å². The zero-order valence-corrected chi connectivity index (χ0v) is 38.2. The van der Waals surface area contributed by atoms with Crippen molar-refractivity contribution in [3.8, 4) is 5.69 Å². The molecular weight excluding hydrogens is 925 g/mol.